The highest BCUT2D eigenvalue weighted by atomic mass is 35.5. The summed E-state index contributed by atoms with van der Waals surface area (Å²) < 4.78 is 0. The molecule has 1 N–H and O–H groups in total. The smallest absolute Gasteiger partial charge is 0.00399 e. The summed E-state index contributed by atoms with van der Waals surface area (Å²) in [6.07, 6.45) is 1.15. The molecule has 10 heavy (non-hydrogen) atoms. The number of halogens is 1. The van der Waals surface area contributed by atoms with Crippen LogP contribution in [0.25, 0.3) is 0 Å². The standard InChI is InChI=1S/C8H15N.ClH/c1-7-4-5-9-6-8(7,2)3;/h9H,1,4-6H2,2-3H3;1H. The van der Waals surface area contributed by atoms with Gasteiger partial charge in [-0.2, -0.15) is 0 Å². The molecule has 1 aliphatic rings. The van der Waals surface area contributed by atoms with Crippen molar-refractivity contribution in [2.24, 2.45) is 5.41 Å². The van der Waals surface area contributed by atoms with Crippen molar-refractivity contribution < 1.29 is 0 Å². The van der Waals surface area contributed by atoms with Gasteiger partial charge >= 0.3 is 0 Å². The van der Waals surface area contributed by atoms with E-state index in [4.69, 9.17) is 0 Å². The summed E-state index contributed by atoms with van der Waals surface area (Å²) in [5, 5.41) is 3.34. The third-order valence-electron chi connectivity index (χ3n) is 2.13. The molecule has 1 aliphatic heterocycles. The van der Waals surface area contributed by atoms with Gasteiger partial charge in [0.25, 0.3) is 0 Å². The molecular formula is C8H16ClN. The van der Waals surface area contributed by atoms with Crippen molar-refractivity contribution in [3.63, 3.8) is 0 Å². The summed E-state index contributed by atoms with van der Waals surface area (Å²) >= 11 is 0. The lowest BCUT2D eigenvalue weighted by Crippen LogP contribution is -2.37. The highest BCUT2D eigenvalue weighted by Gasteiger charge is 2.23. The molecule has 0 atom stereocenters. The molecule has 1 saturated heterocycles. The fourth-order valence-corrected chi connectivity index (χ4v) is 1.10. The molecule has 0 spiro atoms. The molecule has 60 valence electrons. The van der Waals surface area contributed by atoms with Crippen molar-refractivity contribution >= 4 is 12.4 Å². The predicted molar refractivity (Wildman–Crippen MR) is 47.7 cm³/mol. The molecule has 0 aromatic heterocycles. The Balaban J connectivity index is 0.000000810. The van der Waals surface area contributed by atoms with Crippen molar-refractivity contribution in [3.05, 3.63) is 12.2 Å². The maximum absolute atomic E-state index is 4.03. The fraction of sp³-hybridized carbons (Fsp3) is 0.750. The van der Waals surface area contributed by atoms with Crippen LogP contribution in [0.4, 0.5) is 0 Å². The van der Waals surface area contributed by atoms with Gasteiger partial charge in [-0.05, 0) is 18.4 Å². The number of hydrogen-bond donors (Lipinski definition) is 1. The molecule has 1 rings (SSSR count). The average Bonchev–Trinajstić information content (AvgIpc) is 1.77. The molecule has 0 bridgehead atoms. The Morgan fingerprint density at radius 2 is 2.10 bits per heavy atom. The summed E-state index contributed by atoms with van der Waals surface area (Å²) in [4.78, 5) is 0. The minimum absolute atomic E-state index is 0. The van der Waals surface area contributed by atoms with E-state index in [1.165, 1.54) is 5.57 Å². The van der Waals surface area contributed by atoms with Crippen molar-refractivity contribution in [1.29, 1.82) is 0 Å². The molecular weight excluding hydrogens is 146 g/mol. The van der Waals surface area contributed by atoms with Gasteiger partial charge in [-0.15, -0.1) is 12.4 Å². The Hall–Kier alpha value is -0.0100. The third kappa shape index (κ3) is 1.99. The van der Waals surface area contributed by atoms with Crippen LogP contribution in [0.5, 0.6) is 0 Å². The first-order valence-electron chi connectivity index (χ1n) is 3.52. The zero-order valence-electron chi connectivity index (χ0n) is 6.74. The Bertz CT molecular complexity index is 129. The second-order valence-corrected chi connectivity index (χ2v) is 3.41. The molecule has 0 aromatic rings. The van der Waals surface area contributed by atoms with Crippen LogP contribution in [0.2, 0.25) is 0 Å². The summed E-state index contributed by atoms with van der Waals surface area (Å²) in [6.45, 7) is 10.7. The lowest BCUT2D eigenvalue weighted by Gasteiger charge is -2.32. The number of nitrogens with one attached hydrogen (secondary N) is 1. The van der Waals surface area contributed by atoms with E-state index in [0.29, 0.717) is 5.41 Å². The van der Waals surface area contributed by atoms with Gasteiger partial charge in [0.15, 0.2) is 0 Å². The molecule has 0 saturated carbocycles. The van der Waals surface area contributed by atoms with Crippen molar-refractivity contribution in [2.45, 2.75) is 20.3 Å². The van der Waals surface area contributed by atoms with Crippen LogP contribution in [0.1, 0.15) is 20.3 Å². The van der Waals surface area contributed by atoms with E-state index < -0.39 is 0 Å². The van der Waals surface area contributed by atoms with Crippen LogP contribution in [0, 0.1) is 5.41 Å². The average molecular weight is 162 g/mol. The molecule has 0 radical (unpaired) electrons. The Labute approximate surface area is 69.3 Å². The van der Waals surface area contributed by atoms with Crippen molar-refractivity contribution in [3.8, 4) is 0 Å². The van der Waals surface area contributed by atoms with E-state index in [2.05, 4.69) is 25.7 Å². The maximum Gasteiger partial charge on any atom is 0.00399 e. The largest absolute Gasteiger partial charge is 0.316 e. The lowest BCUT2D eigenvalue weighted by atomic mass is 9.81. The third-order valence-corrected chi connectivity index (χ3v) is 2.13. The van der Waals surface area contributed by atoms with Gasteiger partial charge < -0.3 is 5.32 Å². The quantitative estimate of drug-likeness (QED) is 0.536. The van der Waals surface area contributed by atoms with Crippen LogP contribution in [0.15, 0.2) is 12.2 Å². The molecule has 0 unspecified atom stereocenters. The maximum atomic E-state index is 4.03. The second-order valence-electron chi connectivity index (χ2n) is 3.41. The normalized spacial score (nSPS) is 23.6. The van der Waals surface area contributed by atoms with Crippen molar-refractivity contribution in [1.82, 2.24) is 5.32 Å². The predicted octanol–water partition coefficient (Wildman–Crippen LogP) is 1.98. The van der Waals surface area contributed by atoms with Crippen LogP contribution in [-0.2, 0) is 0 Å². The molecule has 0 aromatic carbocycles. The van der Waals surface area contributed by atoms with Gasteiger partial charge in [-0.3, -0.25) is 0 Å². The van der Waals surface area contributed by atoms with Gasteiger partial charge in [-0.1, -0.05) is 26.0 Å². The Morgan fingerprint density at radius 3 is 2.40 bits per heavy atom. The molecule has 2 heteroatoms. The van der Waals surface area contributed by atoms with Crippen molar-refractivity contribution in [2.75, 3.05) is 13.1 Å². The zero-order chi connectivity index (χ0) is 6.91. The molecule has 1 fully saturated rings. The van der Waals surface area contributed by atoms with Crippen LogP contribution in [0.3, 0.4) is 0 Å². The fourth-order valence-electron chi connectivity index (χ4n) is 1.10. The van der Waals surface area contributed by atoms with Crippen LogP contribution >= 0.6 is 12.4 Å². The summed E-state index contributed by atoms with van der Waals surface area (Å²) in [6, 6.07) is 0. The summed E-state index contributed by atoms with van der Waals surface area (Å²) in [5.74, 6) is 0. The zero-order valence-corrected chi connectivity index (χ0v) is 7.55. The van der Waals surface area contributed by atoms with E-state index in [9.17, 15) is 0 Å². The van der Waals surface area contributed by atoms with Gasteiger partial charge in [0, 0.05) is 6.54 Å². The minimum Gasteiger partial charge on any atom is -0.316 e. The lowest BCUT2D eigenvalue weighted by molar-refractivity contribution is 0.359. The SMILES string of the molecule is C=C1CCNCC1(C)C.Cl. The highest BCUT2D eigenvalue weighted by Crippen LogP contribution is 2.28. The monoisotopic (exact) mass is 161 g/mol. The number of hydrogen-bond acceptors (Lipinski definition) is 1. The van der Waals surface area contributed by atoms with Gasteiger partial charge in [0.2, 0.25) is 0 Å². The van der Waals surface area contributed by atoms with E-state index in [0.717, 1.165) is 19.5 Å². The highest BCUT2D eigenvalue weighted by molar-refractivity contribution is 5.85. The van der Waals surface area contributed by atoms with Crippen LogP contribution < -0.4 is 5.32 Å². The van der Waals surface area contributed by atoms with E-state index in [-0.39, 0.29) is 12.4 Å². The number of piperidine rings is 1. The molecule has 1 heterocycles. The second kappa shape index (κ2) is 3.40. The topological polar surface area (TPSA) is 12.0 Å². The first kappa shape index (κ1) is 9.99. The first-order chi connectivity index (χ1) is 4.13. The summed E-state index contributed by atoms with van der Waals surface area (Å²) in [5.41, 5.74) is 1.72. The van der Waals surface area contributed by atoms with E-state index in [1.54, 1.807) is 0 Å². The number of rotatable bonds is 0. The molecule has 0 aliphatic carbocycles. The van der Waals surface area contributed by atoms with E-state index in [1.807, 2.05) is 0 Å². The van der Waals surface area contributed by atoms with Gasteiger partial charge in [0.1, 0.15) is 0 Å². The first-order valence-corrected chi connectivity index (χ1v) is 3.52. The Kier molecular flexibility index (Phi) is 3.40. The molecule has 0 amide bonds. The van der Waals surface area contributed by atoms with E-state index >= 15 is 0 Å². The van der Waals surface area contributed by atoms with Crippen LogP contribution in [-0.4, -0.2) is 13.1 Å². The van der Waals surface area contributed by atoms with Gasteiger partial charge in [0.05, 0.1) is 0 Å². The minimum atomic E-state index is 0. The Morgan fingerprint density at radius 1 is 1.50 bits per heavy atom. The summed E-state index contributed by atoms with van der Waals surface area (Å²) in [7, 11) is 0. The van der Waals surface area contributed by atoms with Gasteiger partial charge in [-0.25, -0.2) is 0 Å². The molecule has 1 nitrogen and oxygen atoms in total.